The predicted molar refractivity (Wildman–Crippen MR) is 126 cm³/mol. The van der Waals surface area contributed by atoms with Gasteiger partial charge in [0.15, 0.2) is 0 Å². The van der Waals surface area contributed by atoms with Gasteiger partial charge in [-0.3, -0.25) is 4.79 Å². The van der Waals surface area contributed by atoms with Crippen LogP contribution in [0.1, 0.15) is 35.7 Å². The molecular weight excluding hydrogens is 506 g/mol. The third-order valence-electron chi connectivity index (χ3n) is 7.37. The average molecular weight is 527 g/mol. The fraction of sp³-hybridized carbons (Fsp3) is 0.308. The molecule has 0 amide bonds. The highest BCUT2D eigenvalue weighted by atomic mass is 19.4. The zero-order chi connectivity index (χ0) is 26.7. The van der Waals surface area contributed by atoms with Crippen LogP contribution in [0.3, 0.4) is 0 Å². The third kappa shape index (κ3) is 3.78. The Labute approximate surface area is 213 Å². The summed E-state index contributed by atoms with van der Waals surface area (Å²) in [6, 6.07) is 13.0. The molecule has 3 heterocycles. The molecule has 2 aromatic heterocycles. The van der Waals surface area contributed by atoms with Crippen LogP contribution in [0.5, 0.6) is 0 Å². The number of alkyl halides is 3. The Morgan fingerprint density at radius 2 is 1.95 bits per heavy atom. The largest absolute Gasteiger partial charge is 0.469 e. The van der Waals surface area contributed by atoms with Crippen molar-refractivity contribution in [2.24, 2.45) is 5.92 Å². The number of hydrogen-bond donors (Lipinski definition) is 0. The van der Waals surface area contributed by atoms with Crippen LogP contribution in [0.15, 0.2) is 60.8 Å². The fourth-order valence-corrected chi connectivity index (χ4v) is 5.80. The van der Waals surface area contributed by atoms with Gasteiger partial charge in [-0.05, 0) is 58.7 Å². The molecule has 38 heavy (non-hydrogen) atoms. The molecule has 196 valence electrons. The van der Waals surface area contributed by atoms with Crippen LogP contribution < -0.4 is 0 Å². The molecule has 1 fully saturated rings. The van der Waals surface area contributed by atoms with Crippen LogP contribution >= 0.6 is 0 Å². The molecule has 12 heteroatoms. The molecule has 0 N–H and O–H groups in total. The van der Waals surface area contributed by atoms with Crippen molar-refractivity contribution >= 4 is 22.4 Å². The van der Waals surface area contributed by atoms with Gasteiger partial charge < -0.3 is 9.47 Å². The Hall–Kier alpha value is -4.06. The van der Waals surface area contributed by atoms with Gasteiger partial charge in [0, 0.05) is 23.1 Å². The van der Waals surface area contributed by atoms with E-state index >= 15 is 0 Å². The second-order valence-corrected chi connectivity index (χ2v) is 9.40. The normalized spacial score (nSPS) is 23.3. The molecule has 2 aromatic carbocycles. The minimum atomic E-state index is -4.76. The molecule has 6 rings (SSSR count). The zero-order valence-electron chi connectivity index (χ0n) is 20.0. The summed E-state index contributed by atoms with van der Waals surface area (Å²) in [5.41, 5.74) is 1.72. The molecule has 4 aromatic rings. The Morgan fingerprint density at radius 1 is 1.16 bits per heavy atom. The number of hydrogen-bond acceptors (Lipinski definition) is 6. The number of esters is 1. The summed E-state index contributed by atoms with van der Waals surface area (Å²) in [6.07, 6.45) is -0.334. The number of ether oxygens (including phenoxy) is 2. The summed E-state index contributed by atoms with van der Waals surface area (Å²) in [5.74, 6) is -2.97. The fourth-order valence-electron chi connectivity index (χ4n) is 5.80. The maximum atomic E-state index is 13.7. The Balaban J connectivity index is 1.48. The first kappa shape index (κ1) is 24.3. The van der Waals surface area contributed by atoms with Crippen LogP contribution in [0.25, 0.3) is 16.5 Å². The maximum Gasteiger partial charge on any atom is 0.455 e. The molecule has 0 radical (unpaired) electrons. The second kappa shape index (κ2) is 8.76. The van der Waals surface area contributed by atoms with Crippen molar-refractivity contribution < 1.29 is 31.8 Å². The number of fused-ring (bicyclic) bond motifs is 1. The topological polar surface area (TPSA) is 84.1 Å². The standard InChI is InChI=1S/C26H21F4N5O3/c1-37-23(36)20-9-11-25(21(20)15-5-7-18(27)8-6-15)13-17(14-38-25)19-4-2-3-16-10-12-34(22(16)19)35-24(26(28,29)30)31-32-33-35/h2-8,10,12-13,20-21H,9,11,14H2,1H3/t20-,21+,25+/m0/s1. The zero-order valence-corrected chi connectivity index (χ0v) is 20.0. The number of benzene rings is 2. The number of carbonyl (C=O) groups is 1. The summed E-state index contributed by atoms with van der Waals surface area (Å²) < 4.78 is 67.1. The number of para-hydroxylation sites is 1. The molecular formula is C26H21F4N5O3. The SMILES string of the molecule is COC(=O)[C@H]1CC[C@@]2(C=C(c3cccc4ccn(-n5nnnc5C(F)(F)F)c34)CO2)[C@@H]1c1ccc(F)cc1. The smallest absolute Gasteiger partial charge is 0.455 e. The van der Waals surface area contributed by atoms with E-state index in [2.05, 4.69) is 15.5 Å². The van der Waals surface area contributed by atoms with Crippen LogP contribution in [-0.2, 0) is 20.4 Å². The number of nitrogens with zero attached hydrogens (tertiary/aromatic N) is 5. The molecule has 1 aliphatic carbocycles. The van der Waals surface area contributed by atoms with Gasteiger partial charge in [-0.1, -0.05) is 30.3 Å². The van der Waals surface area contributed by atoms with Crippen LogP contribution in [0, 0.1) is 11.7 Å². The lowest BCUT2D eigenvalue weighted by Gasteiger charge is -2.31. The van der Waals surface area contributed by atoms with Gasteiger partial charge >= 0.3 is 12.1 Å². The van der Waals surface area contributed by atoms with Gasteiger partial charge in [0.1, 0.15) is 5.82 Å². The molecule has 0 unspecified atom stereocenters. The number of carbonyl (C=O) groups excluding carboxylic acids is 1. The Bertz CT molecular complexity index is 1560. The van der Waals surface area contributed by atoms with E-state index < -0.39 is 35.3 Å². The highest BCUT2D eigenvalue weighted by Gasteiger charge is 2.54. The lowest BCUT2D eigenvalue weighted by Crippen LogP contribution is -2.34. The Kier molecular flexibility index (Phi) is 5.60. The van der Waals surface area contributed by atoms with Crippen molar-refractivity contribution in [2.75, 3.05) is 13.7 Å². The summed E-state index contributed by atoms with van der Waals surface area (Å²) >= 11 is 0. The quantitative estimate of drug-likeness (QED) is 0.285. The monoisotopic (exact) mass is 527 g/mol. The van der Waals surface area contributed by atoms with Gasteiger partial charge in [-0.15, -0.1) is 9.89 Å². The average Bonchev–Trinajstić information content (AvgIpc) is 3.69. The van der Waals surface area contributed by atoms with Crippen molar-refractivity contribution in [3.8, 4) is 0 Å². The van der Waals surface area contributed by atoms with Gasteiger partial charge in [0.05, 0.1) is 30.8 Å². The van der Waals surface area contributed by atoms with Crippen molar-refractivity contribution in [3.63, 3.8) is 0 Å². The van der Waals surface area contributed by atoms with E-state index in [0.717, 1.165) is 11.1 Å². The van der Waals surface area contributed by atoms with Crippen LogP contribution in [0.2, 0.25) is 0 Å². The number of halogens is 4. The number of aromatic nitrogens is 5. The van der Waals surface area contributed by atoms with Crippen LogP contribution in [0.4, 0.5) is 17.6 Å². The number of rotatable bonds is 4. The van der Waals surface area contributed by atoms with Crippen LogP contribution in [-0.4, -0.2) is 50.3 Å². The van der Waals surface area contributed by atoms with Gasteiger partial charge in [0.2, 0.25) is 0 Å². The van der Waals surface area contributed by atoms with E-state index in [4.69, 9.17) is 9.47 Å². The molecule has 0 bridgehead atoms. The Morgan fingerprint density at radius 3 is 2.68 bits per heavy atom. The minimum absolute atomic E-state index is 0.164. The highest BCUT2D eigenvalue weighted by Crippen LogP contribution is 2.54. The molecule has 3 atom stereocenters. The molecule has 1 spiro atoms. The first-order valence-electron chi connectivity index (χ1n) is 11.9. The van der Waals surface area contributed by atoms with Crippen molar-refractivity contribution in [3.05, 3.63) is 83.6 Å². The van der Waals surface area contributed by atoms with E-state index in [0.29, 0.717) is 34.1 Å². The summed E-state index contributed by atoms with van der Waals surface area (Å²) in [6.45, 7) is 0.164. The van der Waals surface area contributed by atoms with Crippen molar-refractivity contribution in [1.29, 1.82) is 0 Å². The van der Waals surface area contributed by atoms with E-state index in [9.17, 15) is 22.4 Å². The molecule has 1 aliphatic heterocycles. The molecule has 8 nitrogen and oxygen atoms in total. The van der Waals surface area contributed by atoms with Gasteiger partial charge in [0.25, 0.3) is 5.82 Å². The molecule has 0 saturated heterocycles. The molecule has 1 saturated carbocycles. The number of tetrazole rings is 1. The second-order valence-electron chi connectivity index (χ2n) is 9.40. The highest BCUT2D eigenvalue weighted by molar-refractivity contribution is 5.93. The third-order valence-corrected chi connectivity index (χ3v) is 7.37. The summed E-state index contributed by atoms with van der Waals surface area (Å²) in [4.78, 5) is 13.3. The minimum Gasteiger partial charge on any atom is -0.469 e. The molecule has 2 aliphatic rings. The van der Waals surface area contributed by atoms with Gasteiger partial charge in [-0.25, -0.2) is 9.07 Å². The summed E-state index contributed by atoms with van der Waals surface area (Å²) in [7, 11) is 1.33. The lowest BCUT2D eigenvalue weighted by atomic mass is 9.79. The van der Waals surface area contributed by atoms with E-state index in [1.165, 1.54) is 30.1 Å². The van der Waals surface area contributed by atoms with Gasteiger partial charge in [-0.2, -0.15) is 13.2 Å². The van der Waals surface area contributed by atoms with E-state index in [-0.39, 0.29) is 12.6 Å². The first-order valence-corrected chi connectivity index (χ1v) is 11.9. The maximum absolute atomic E-state index is 13.7. The van der Waals surface area contributed by atoms with E-state index in [1.54, 1.807) is 36.4 Å². The summed E-state index contributed by atoms with van der Waals surface area (Å²) in [5, 5.41) is 10.7. The van der Waals surface area contributed by atoms with Crippen molar-refractivity contribution in [2.45, 2.75) is 30.5 Å². The predicted octanol–water partition coefficient (Wildman–Crippen LogP) is 4.62. The van der Waals surface area contributed by atoms with E-state index in [1.807, 2.05) is 6.08 Å². The first-order chi connectivity index (χ1) is 18.2. The number of methoxy groups -OCH3 is 1. The lowest BCUT2D eigenvalue weighted by molar-refractivity contribution is -0.148. The van der Waals surface area contributed by atoms with Crippen molar-refractivity contribution in [1.82, 2.24) is 25.0 Å².